The molecule has 0 saturated carbocycles. The van der Waals surface area contributed by atoms with E-state index in [4.69, 9.17) is 11.6 Å². The number of carbonyl (C=O) groups excluding carboxylic acids is 6. The van der Waals surface area contributed by atoms with E-state index in [0.29, 0.717) is 123 Å². The van der Waals surface area contributed by atoms with E-state index in [1.807, 2.05) is 14.1 Å². The second kappa shape index (κ2) is 33.7. The second-order valence-electron chi connectivity index (χ2n) is 17.4. The molecular formula is C43H84ClN9O9+2. The number of hydrogen-bond acceptors (Lipinski definition) is 12. The van der Waals surface area contributed by atoms with Crippen molar-refractivity contribution in [1.29, 1.82) is 0 Å². The summed E-state index contributed by atoms with van der Waals surface area (Å²) in [6, 6.07) is 0. The predicted molar refractivity (Wildman–Crippen MR) is 241 cm³/mol. The van der Waals surface area contributed by atoms with Crippen LogP contribution in [-0.4, -0.2) is 214 Å². The van der Waals surface area contributed by atoms with Gasteiger partial charge < -0.3 is 65.8 Å². The monoisotopic (exact) mass is 906 g/mol. The molecule has 0 aromatic carbocycles. The zero-order valence-corrected chi connectivity index (χ0v) is 39.2. The van der Waals surface area contributed by atoms with Gasteiger partial charge in [-0.15, -0.1) is 11.6 Å². The molecule has 1 rings (SSSR count). The van der Waals surface area contributed by atoms with Crippen molar-refractivity contribution >= 4 is 46.8 Å². The van der Waals surface area contributed by atoms with Crippen LogP contribution < -0.4 is 31.9 Å². The summed E-state index contributed by atoms with van der Waals surface area (Å²) >= 11 is 6.12. The third-order valence-electron chi connectivity index (χ3n) is 11.5. The molecule has 0 spiro atoms. The van der Waals surface area contributed by atoms with Crippen LogP contribution in [0.2, 0.25) is 0 Å². The van der Waals surface area contributed by atoms with Crippen molar-refractivity contribution in [3.63, 3.8) is 0 Å². The van der Waals surface area contributed by atoms with Gasteiger partial charge in [0.2, 0.25) is 23.6 Å². The molecule has 4 amide bonds. The van der Waals surface area contributed by atoms with Crippen molar-refractivity contribution in [2.24, 2.45) is 0 Å². The Kier molecular flexibility index (Phi) is 31.1. The summed E-state index contributed by atoms with van der Waals surface area (Å²) in [4.78, 5) is 75.2. The molecular weight excluding hydrogens is 822 g/mol. The van der Waals surface area contributed by atoms with E-state index in [-0.39, 0.29) is 97.2 Å². The van der Waals surface area contributed by atoms with Crippen molar-refractivity contribution in [2.75, 3.05) is 131 Å². The van der Waals surface area contributed by atoms with Crippen LogP contribution in [0.15, 0.2) is 0 Å². The Morgan fingerprint density at radius 2 is 1.02 bits per heavy atom. The fourth-order valence-electron chi connectivity index (χ4n) is 7.98. The molecule has 18 nitrogen and oxygen atoms in total. The summed E-state index contributed by atoms with van der Waals surface area (Å²) < 4.78 is 0.942. The van der Waals surface area contributed by atoms with Gasteiger partial charge in [0.25, 0.3) is 0 Å². The van der Waals surface area contributed by atoms with E-state index in [2.05, 4.69) is 36.8 Å². The standard InChI is InChI=1S/C43H82ClN9O9/c1-35(54)11-5-7-13-40(59)47-18-24-51(23-17-45-3)30-38(57)32-53(31-37(56)29-44,27-21-49-41(60)14-8-6-12-36(2)55)28-22-50-43(62)16-10-9-15-42(61)48-20-26-52(25-19-46-4)33-39(58)34-52/h37-39,45-46,56-58H,5-34H2,1-4H3,(H2-2,47,48,49,50,59,60,61,62)/p+2. The molecule has 0 aliphatic carbocycles. The quantitative estimate of drug-likeness (QED) is 0.0205. The normalized spacial score (nSPS) is 18.0. The number of alkyl halides is 1. The summed E-state index contributed by atoms with van der Waals surface area (Å²) in [5.74, 6) is -0.339. The molecule has 0 aromatic rings. The van der Waals surface area contributed by atoms with E-state index in [9.17, 15) is 44.1 Å². The van der Waals surface area contributed by atoms with E-state index >= 15 is 0 Å². The highest BCUT2D eigenvalue weighted by molar-refractivity contribution is 6.18. The number of carbonyl (C=O) groups is 6. The van der Waals surface area contributed by atoms with Gasteiger partial charge in [-0.3, -0.25) is 24.1 Å². The number of unbranched alkanes of at least 4 members (excludes halogenated alkanes) is 3. The zero-order chi connectivity index (χ0) is 46.2. The first kappa shape index (κ1) is 57.2. The Morgan fingerprint density at radius 3 is 1.45 bits per heavy atom. The van der Waals surface area contributed by atoms with Gasteiger partial charge in [-0.25, -0.2) is 0 Å². The number of rotatable bonds is 40. The number of likely N-dealkylation sites (tertiary alicyclic amines) is 1. The fourth-order valence-corrected chi connectivity index (χ4v) is 8.07. The summed E-state index contributed by atoms with van der Waals surface area (Å²) in [5.41, 5.74) is 0. The number of nitrogens with one attached hydrogen (secondary N) is 6. The van der Waals surface area contributed by atoms with Gasteiger partial charge in [-0.1, -0.05) is 0 Å². The van der Waals surface area contributed by atoms with Crippen molar-refractivity contribution in [3.8, 4) is 0 Å². The van der Waals surface area contributed by atoms with E-state index in [1.165, 1.54) is 13.8 Å². The molecule has 1 aliphatic rings. The lowest BCUT2D eigenvalue weighted by molar-refractivity contribution is -0.970. The Balaban J connectivity index is 2.86. The first-order chi connectivity index (χ1) is 29.6. The number of ketones is 2. The molecule has 0 aromatic heterocycles. The second-order valence-corrected chi connectivity index (χ2v) is 17.7. The highest BCUT2D eigenvalue weighted by Crippen LogP contribution is 2.19. The van der Waals surface area contributed by atoms with E-state index in [1.54, 1.807) is 0 Å². The van der Waals surface area contributed by atoms with Crippen LogP contribution in [0.25, 0.3) is 0 Å². The lowest BCUT2D eigenvalue weighted by atomic mass is 10.1. The molecule has 62 heavy (non-hydrogen) atoms. The van der Waals surface area contributed by atoms with Crippen LogP contribution in [0.5, 0.6) is 0 Å². The third kappa shape index (κ3) is 28.1. The molecule has 0 radical (unpaired) electrons. The fraction of sp³-hybridized carbons (Fsp3) is 0.860. The van der Waals surface area contributed by atoms with Gasteiger partial charge in [0.15, 0.2) is 6.10 Å². The maximum Gasteiger partial charge on any atom is 0.220 e. The van der Waals surface area contributed by atoms with Gasteiger partial charge >= 0.3 is 0 Å². The lowest BCUT2D eigenvalue weighted by Crippen LogP contribution is -2.69. The van der Waals surface area contributed by atoms with Gasteiger partial charge in [0, 0.05) is 77.8 Å². The minimum absolute atomic E-state index is 0.0409. The number of halogens is 1. The Hall–Kier alpha value is -2.81. The van der Waals surface area contributed by atoms with Gasteiger partial charge in [-0.05, 0) is 66.5 Å². The van der Waals surface area contributed by atoms with Crippen LogP contribution in [0, 0.1) is 0 Å². The molecule has 3 atom stereocenters. The molecule has 19 heteroatoms. The minimum atomic E-state index is -0.919. The summed E-state index contributed by atoms with van der Waals surface area (Å²) in [6.07, 6.45) is 3.54. The number of nitrogens with zero attached hydrogens (tertiary/aromatic N) is 3. The number of hydrogen-bond donors (Lipinski definition) is 9. The molecule has 3 unspecified atom stereocenters. The molecule has 9 N–H and O–H groups in total. The van der Waals surface area contributed by atoms with Crippen molar-refractivity contribution in [1.82, 2.24) is 36.8 Å². The van der Waals surface area contributed by atoms with Crippen molar-refractivity contribution in [3.05, 3.63) is 0 Å². The van der Waals surface area contributed by atoms with Crippen LogP contribution in [0.4, 0.5) is 0 Å². The topological polar surface area (TPSA) is 239 Å². The summed E-state index contributed by atoms with van der Waals surface area (Å²) in [5, 5.41) is 50.5. The lowest BCUT2D eigenvalue weighted by Gasteiger charge is -2.48. The third-order valence-corrected chi connectivity index (χ3v) is 11.8. The first-order valence-electron chi connectivity index (χ1n) is 22.9. The summed E-state index contributed by atoms with van der Waals surface area (Å²) in [6.45, 7) is 11.4. The number of aliphatic hydroxyl groups is 3. The Labute approximate surface area is 376 Å². The molecule has 1 saturated heterocycles. The number of Topliss-reactive ketones (excluding diaryl/α,β-unsaturated/α-hetero) is 2. The maximum absolute atomic E-state index is 13.0. The minimum Gasteiger partial charge on any atom is -0.386 e. The van der Waals surface area contributed by atoms with Crippen LogP contribution >= 0.6 is 11.6 Å². The van der Waals surface area contributed by atoms with Crippen LogP contribution in [-0.2, 0) is 28.8 Å². The Bertz CT molecular complexity index is 1310. The van der Waals surface area contributed by atoms with Crippen LogP contribution in [0.1, 0.15) is 90.9 Å². The largest absolute Gasteiger partial charge is 0.386 e. The maximum atomic E-state index is 13.0. The smallest absolute Gasteiger partial charge is 0.220 e. The zero-order valence-electron chi connectivity index (χ0n) is 38.5. The number of quaternary nitrogens is 2. The number of amides is 4. The number of aliphatic hydroxyl groups excluding tert-OH is 3. The van der Waals surface area contributed by atoms with E-state index in [0.717, 1.165) is 24.1 Å². The average Bonchev–Trinajstić information content (AvgIpc) is 3.20. The average molecular weight is 907 g/mol. The van der Waals surface area contributed by atoms with Crippen molar-refractivity contribution in [2.45, 2.75) is 109 Å². The highest BCUT2D eigenvalue weighted by Gasteiger charge is 2.42. The molecule has 360 valence electrons. The first-order valence-corrected chi connectivity index (χ1v) is 23.5. The van der Waals surface area contributed by atoms with E-state index < -0.39 is 12.2 Å². The molecule has 1 fully saturated rings. The number of likely N-dealkylation sites (N-methyl/N-ethyl adjacent to an activating group) is 2. The summed E-state index contributed by atoms with van der Waals surface area (Å²) in [7, 11) is 3.73. The molecule has 0 bridgehead atoms. The molecule has 1 heterocycles. The van der Waals surface area contributed by atoms with Gasteiger partial charge in [0.1, 0.15) is 50.0 Å². The highest BCUT2D eigenvalue weighted by atomic mass is 35.5. The van der Waals surface area contributed by atoms with Crippen molar-refractivity contribution < 1.29 is 53.1 Å². The Morgan fingerprint density at radius 1 is 0.613 bits per heavy atom. The predicted octanol–water partition coefficient (Wildman–Crippen LogP) is -0.980. The van der Waals surface area contributed by atoms with Gasteiger partial charge in [0.05, 0.1) is 51.7 Å². The van der Waals surface area contributed by atoms with Crippen LogP contribution in [0.3, 0.4) is 0 Å². The molecule has 1 aliphatic heterocycles. The SMILES string of the molecule is CNCCN(CCNC(=O)CCCCC(C)=O)CC(O)C[N+](CCNC(=O)CCCCC(C)=O)(CCNC(=O)CCCCC(=O)NCC[N+]1(CCNC)CC(O)C1)CC(O)CCl. The van der Waals surface area contributed by atoms with Gasteiger partial charge in [-0.2, -0.15) is 0 Å².